The van der Waals surface area contributed by atoms with E-state index < -0.39 is 35.1 Å². The number of rotatable bonds is 9. The molecule has 1 aliphatic carbocycles. The summed E-state index contributed by atoms with van der Waals surface area (Å²) in [4.78, 5) is 49.9. The van der Waals surface area contributed by atoms with Crippen LogP contribution in [-0.2, 0) is 19.1 Å². The van der Waals surface area contributed by atoms with Crippen molar-refractivity contribution in [3.8, 4) is 5.75 Å². The fraction of sp³-hybridized carbons (Fsp3) is 0.639. The highest BCUT2D eigenvalue weighted by Crippen LogP contribution is 2.59. The van der Waals surface area contributed by atoms with E-state index in [0.29, 0.717) is 31.8 Å². The molecule has 2 saturated heterocycles. The molecule has 3 fully saturated rings. The van der Waals surface area contributed by atoms with Crippen molar-refractivity contribution in [2.75, 3.05) is 31.2 Å². The number of anilines is 1. The van der Waals surface area contributed by atoms with Gasteiger partial charge < -0.3 is 29.3 Å². The van der Waals surface area contributed by atoms with Gasteiger partial charge in [-0.2, -0.15) is 0 Å². The van der Waals surface area contributed by atoms with Gasteiger partial charge >= 0.3 is 0 Å². The van der Waals surface area contributed by atoms with E-state index in [9.17, 15) is 19.5 Å². The Morgan fingerprint density at radius 3 is 2.29 bits per heavy atom. The average molecular weight is 620 g/mol. The number of carbonyl (C=O) groups excluding carboxylic acids is 3. The molecule has 0 aromatic heterocycles. The first-order valence-corrected chi connectivity index (χ1v) is 17.1. The molecule has 9 heteroatoms. The van der Waals surface area contributed by atoms with Crippen LogP contribution in [0.2, 0.25) is 0 Å². The van der Waals surface area contributed by atoms with Crippen molar-refractivity contribution >= 4 is 23.4 Å². The smallest absolute Gasteiger partial charge is 0.249 e. The molecule has 3 amide bonds. The second-order valence-electron chi connectivity index (χ2n) is 13.5. The van der Waals surface area contributed by atoms with Gasteiger partial charge in [-0.25, -0.2) is 0 Å². The van der Waals surface area contributed by atoms with Crippen LogP contribution in [-0.4, -0.2) is 88.3 Å². The summed E-state index contributed by atoms with van der Waals surface area (Å²) >= 11 is 0. The zero-order chi connectivity index (χ0) is 31.9. The molecule has 7 atom stereocenters. The Hall–Kier alpha value is -3.17. The molecule has 1 saturated carbocycles. The maximum Gasteiger partial charge on any atom is 0.249 e. The van der Waals surface area contributed by atoms with Crippen LogP contribution in [0.4, 0.5) is 5.69 Å². The molecule has 0 bridgehead atoms. The largest absolute Gasteiger partial charge is 0.494 e. The van der Waals surface area contributed by atoms with Crippen molar-refractivity contribution < 1.29 is 29.0 Å². The lowest BCUT2D eigenvalue weighted by Crippen LogP contribution is -2.61. The SMILES string of the molecule is CCOc1ccc(N2CC=C[C@]3(CC)O[C@]45C=CCN(C6CCCCC6)C(=O)C4N([C@@H](CO)[C@@H](C)CC)C(=O)[C@@H]5[C@@H]3C2=O)cc1. The number of benzene rings is 1. The summed E-state index contributed by atoms with van der Waals surface area (Å²) in [5.74, 6) is -1.70. The van der Waals surface area contributed by atoms with Crippen LogP contribution in [0, 0.1) is 17.8 Å². The number of amides is 3. The van der Waals surface area contributed by atoms with Gasteiger partial charge in [0.25, 0.3) is 0 Å². The number of hydrogen-bond donors (Lipinski definition) is 1. The summed E-state index contributed by atoms with van der Waals surface area (Å²) in [6.45, 7) is 9.01. The van der Waals surface area contributed by atoms with Gasteiger partial charge in [0.2, 0.25) is 17.7 Å². The lowest BCUT2D eigenvalue weighted by molar-refractivity contribution is -0.158. The van der Waals surface area contributed by atoms with Crippen LogP contribution < -0.4 is 9.64 Å². The molecule has 1 unspecified atom stereocenters. The number of carbonyl (C=O) groups is 3. The topological polar surface area (TPSA) is 99.6 Å². The van der Waals surface area contributed by atoms with Crippen LogP contribution in [0.15, 0.2) is 48.6 Å². The summed E-state index contributed by atoms with van der Waals surface area (Å²) < 4.78 is 12.8. The molecule has 9 nitrogen and oxygen atoms in total. The van der Waals surface area contributed by atoms with E-state index in [1.807, 2.05) is 81.2 Å². The quantitative estimate of drug-likeness (QED) is 0.409. The Bertz CT molecular complexity index is 1340. The second kappa shape index (κ2) is 12.6. The minimum absolute atomic E-state index is 0.0565. The average Bonchev–Trinajstić information content (AvgIpc) is 3.35. The van der Waals surface area contributed by atoms with Gasteiger partial charge in [0.05, 0.1) is 36.7 Å². The predicted octanol–water partition coefficient (Wildman–Crippen LogP) is 4.49. The van der Waals surface area contributed by atoms with Crippen molar-refractivity contribution in [1.29, 1.82) is 0 Å². The van der Waals surface area contributed by atoms with Gasteiger partial charge in [0.1, 0.15) is 17.4 Å². The number of likely N-dealkylation sites (tertiary alicyclic amines) is 1. The summed E-state index contributed by atoms with van der Waals surface area (Å²) in [7, 11) is 0. The van der Waals surface area contributed by atoms with Crippen LogP contribution in [0.25, 0.3) is 0 Å². The van der Waals surface area contributed by atoms with E-state index in [-0.39, 0.29) is 36.3 Å². The molecular weight excluding hydrogens is 570 g/mol. The van der Waals surface area contributed by atoms with Crippen molar-refractivity contribution in [1.82, 2.24) is 9.80 Å². The normalized spacial score (nSPS) is 33.0. The van der Waals surface area contributed by atoms with Crippen molar-refractivity contribution in [2.24, 2.45) is 17.8 Å². The van der Waals surface area contributed by atoms with Crippen LogP contribution in [0.3, 0.4) is 0 Å². The number of fused-ring (bicyclic) bond motifs is 2. The zero-order valence-electron chi connectivity index (χ0n) is 27.2. The highest BCUT2D eigenvalue weighted by molar-refractivity contribution is 6.04. The van der Waals surface area contributed by atoms with E-state index in [1.54, 1.807) is 9.80 Å². The Labute approximate surface area is 267 Å². The van der Waals surface area contributed by atoms with Gasteiger partial charge in [-0.3, -0.25) is 14.4 Å². The standard InChI is InChI=1S/C36H49N3O6/c1-5-24(4)28(23-40)39-31-34(43)38(25-13-9-8-10-14-25)22-12-20-36(31)30(33(39)42)29-32(41)37(21-11-19-35(29,6-2)45-36)26-15-17-27(18-16-26)44-7-3/h11-12,15-20,24-25,28-31,40H,5-10,13-14,21-23H2,1-4H3/t24-,28-,29+,30-,31?,35-,36-/m0/s1. The van der Waals surface area contributed by atoms with Crippen LogP contribution in [0.5, 0.6) is 5.75 Å². The molecule has 45 heavy (non-hydrogen) atoms. The van der Waals surface area contributed by atoms with Crippen molar-refractivity contribution in [3.63, 3.8) is 0 Å². The molecule has 4 aliphatic heterocycles. The van der Waals surface area contributed by atoms with E-state index in [4.69, 9.17) is 9.47 Å². The number of aliphatic hydroxyl groups excluding tert-OH is 1. The molecule has 1 N–H and O–H groups in total. The maximum absolute atomic E-state index is 15.0. The highest BCUT2D eigenvalue weighted by Gasteiger charge is 2.76. The number of hydrogen-bond acceptors (Lipinski definition) is 6. The Morgan fingerprint density at radius 2 is 1.64 bits per heavy atom. The van der Waals surface area contributed by atoms with Gasteiger partial charge in [0.15, 0.2) is 0 Å². The monoisotopic (exact) mass is 619 g/mol. The molecule has 1 aromatic carbocycles. The Balaban J connectivity index is 1.47. The summed E-state index contributed by atoms with van der Waals surface area (Å²) in [5.41, 5.74) is -1.68. The third kappa shape index (κ3) is 5.01. The predicted molar refractivity (Wildman–Crippen MR) is 172 cm³/mol. The molecule has 1 spiro atoms. The Kier molecular flexibility index (Phi) is 8.87. The maximum atomic E-state index is 15.0. The fourth-order valence-corrected chi connectivity index (χ4v) is 8.73. The van der Waals surface area contributed by atoms with Crippen LogP contribution in [0.1, 0.15) is 72.6 Å². The second-order valence-corrected chi connectivity index (χ2v) is 13.5. The molecule has 5 aliphatic rings. The van der Waals surface area contributed by atoms with Crippen molar-refractivity contribution in [2.45, 2.75) is 102 Å². The van der Waals surface area contributed by atoms with Gasteiger partial charge in [0, 0.05) is 24.8 Å². The number of ether oxygens (including phenoxy) is 2. The van der Waals surface area contributed by atoms with Gasteiger partial charge in [-0.1, -0.05) is 70.8 Å². The third-order valence-electron chi connectivity index (χ3n) is 11.2. The molecule has 0 radical (unpaired) electrons. The molecule has 244 valence electrons. The van der Waals surface area contributed by atoms with Crippen molar-refractivity contribution in [3.05, 3.63) is 48.6 Å². The van der Waals surface area contributed by atoms with Gasteiger partial charge in [-0.05, 0) is 56.4 Å². The van der Waals surface area contributed by atoms with E-state index >= 15 is 0 Å². The molecular formula is C36H49N3O6. The summed E-state index contributed by atoms with van der Waals surface area (Å²) in [6.07, 6.45) is 14.2. The van der Waals surface area contributed by atoms with E-state index in [0.717, 1.165) is 44.3 Å². The minimum Gasteiger partial charge on any atom is -0.494 e. The van der Waals surface area contributed by atoms with E-state index in [1.165, 1.54) is 0 Å². The Morgan fingerprint density at radius 1 is 0.933 bits per heavy atom. The number of aliphatic hydroxyl groups is 1. The lowest BCUT2D eigenvalue weighted by atomic mass is 9.73. The van der Waals surface area contributed by atoms with Crippen LogP contribution >= 0.6 is 0 Å². The molecule has 1 aromatic rings. The third-order valence-corrected chi connectivity index (χ3v) is 11.2. The first-order chi connectivity index (χ1) is 21.8. The molecule has 6 rings (SSSR count). The first-order valence-electron chi connectivity index (χ1n) is 17.1. The lowest BCUT2D eigenvalue weighted by Gasteiger charge is -2.43. The van der Waals surface area contributed by atoms with E-state index in [2.05, 4.69) is 0 Å². The first kappa shape index (κ1) is 31.8. The summed E-state index contributed by atoms with van der Waals surface area (Å²) in [6, 6.07) is 6.01. The zero-order valence-corrected chi connectivity index (χ0v) is 27.2. The van der Waals surface area contributed by atoms with Gasteiger partial charge in [-0.15, -0.1) is 0 Å². The highest BCUT2D eigenvalue weighted by atomic mass is 16.5. The summed E-state index contributed by atoms with van der Waals surface area (Å²) in [5, 5.41) is 10.7. The molecule has 4 heterocycles. The fourth-order valence-electron chi connectivity index (χ4n) is 8.73. The number of nitrogens with zero attached hydrogens (tertiary/aromatic N) is 3. The minimum atomic E-state index is -1.33.